The van der Waals surface area contributed by atoms with Gasteiger partial charge in [0, 0.05) is 24.1 Å². The highest BCUT2D eigenvalue weighted by Crippen LogP contribution is 2.27. The van der Waals surface area contributed by atoms with E-state index in [2.05, 4.69) is 10.8 Å². The van der Waals surface area contributed by atoms with Gasteiger partial charge < -0.3 is 20.1 Å². The molecule has 152 valence electrons. The number of nitrogens with one attached hydrogen (secondary N) is 2. The van der Waals surface area contributed by atoms with Crippen molar-refractivity contribution in [2.45, 2.75) is 19.4 Å². The van der Waals surface area contributed by atoms with Crippen molar-refractivity contribution in [2.24, 2.45) is 7.05 Å². The van der Waals surface area contributed by atoms with Crippen LogP contribution in [-0.2, 0) is 11.9 Å². The zero-order valence-corrected chi connectivity index (χ0v) is 17.5. The van der Waals surface area contributed by atoms with Crippen LogP contribution in [0.3, 0.4) is 0 Å². The molecule has 1 amide bonds. The van der Waals surface area contributed by atoms with E-state index in [1.54, 1.807) is 13.1 Å². The number of hydrogen-bond donors (Lipinski definition) is 4. The number of carbonyl (C=O) groups excluding carboxylic acids is 2. The van der Waals surface area contributed by atoms with Gasteiger partial charge >= 0.3 is 0 Å². The van der Waals surface area contributed by atoms with Crippen molar-refractivity contribution in [1.29, 1.82) is 0 Å². The third-order valence-electron chi connectivity index (χ3n) is 3.93. The number of amides is 1. The summed E-state index contributed by atoms with van der Waals surface area (Å²) in [5.41, 5.74) is 2.64. The molecule has 0 spiro atoms. The lowest BCUT2D eigenvalue weighted by molar-refractivity contribution is -0.0188. The number of hydroxylamine groups is 1. The summed E-state index contributed by atoms with van der Waals surface area (Å²) in [6.45, 7) is 0.927. The first-order valence-corrected chi connectivity index (χ1v) is 9.46. The highest BCUT2D eigenvalue weighted by molar-refractivity contribution is 14.1. The van der Waals surface area contributed by atoms with Crippen LogP contribution in [0.5, 0.6) is 0 Å². The summed E-state index contributed by atoms with van der Waals surface area (Å²) < 4.78 is 16.4. The lowest BCUT2D eigenvalue weighted by Crippen LogP contribution is -2.29. The zero-order chi connectivity index (χ0) is 20.8. The monoisotopic (exact) mass is 505 g/mol. The minimum absolute atomic E-state index is 0.0716. The molecule has 0 radical (unpaired) electrons. The number of rotatable bonds is 9. The van der Waals surface area contributed by atoms with E-state index in [-0.39, 0.29) is 48.2 Å². The Morgan fingerprint density at radius 2 is 2.07 bits per heavy atom. The molecule has 1 aromatic carbocycles. The molecule has 4 N–H and O–H groups in total. The van der Waals surface area contributed by atoms with E-state index in [1.807, 2.05) is 22.6 Å². The highest BCUT2D eigenvalue weighted by Gasteiger charge is 2.22. The van der Waals surface area contributed by atoms with Gasteiger partial charge in [0.25, 0.3) is 5.91 Å². The number of aliphatic hydroxyl groups is 2. The molecule has 2 rings (SSSR count). The van der Waals surface area contributed by atoms with Crippen LogP contribution in [-0.4, -0.2) is 45.8 Å². The topological polar surface area (TPSA) is 113 Å². The van der Waals surface area contributed by atoms with Crippen LogP contribution in [0.1, 0.15) is 34.2 Å². The van der Waals surface area contributed by atoms with Gasteiger partial charge in [0.2, 0.25) is 0 Å². The average molecular weight is 505 g/mol. The zero-order valence-electron chi connectivity index (χ0n) is 15.3. The SMILES string of the molecule is CC(=O)c1cc(C(=O)NOC[C@@H](O)CCO)c(Nc2ccc(I)cc2F)n1C. The largest absolute Gasteiger partial charge is 0.396 e. The molecule has 1 atom stereocenters. The Kier molecular flexibility index (Phi) is 7.92. The van der Waals surface area contributed by atoms with Crippen LogP contribution in [0, 0.1) is 9.39 Å². The normalized spacial score (nSPS) is 11.9. The minimum atomic E-state index is -0.938. The Morgan fingerprint density at radius 3 is 2.68 bits per heavy atom. The molecule has 0 saturated heterocycles. The van der Waals surface area contributed by atoms with Gasteiger partial charge in [-0.2, -0.15) is 0 Å². The van der Waals surface area contributed by atoms with E-state index in [4.69, 9.17) is 9.94 Å². The molecule has 0 unspecified atom stereocenters. The maximum absolute atomic E-state index is 14.2. The molecule has 0 bridgehead atoms. The molecular weight excluding hydrogens is 484 g/mol. The maximum atomic E-state index is 14.2. The summed E-state index contributed by atoms with van der Waals surface area (Å²) in [6.07, 6.45) is -0.832. The molecule has 0 aliphatic rings. The Hall–Kier alpha value is -2.02. The summed E-state index contributed by atoms with van der Waals surface area (Å²) in [5, 5.41) is 21.1. The lowest BCUT2D eigenvalue weighted by Gasteiger charge is -2.13. The third-order valence-corrected chi connectivity index (χ3v) is 4.60. The van der Waals surface area contributed by atoms with Gasteiger partial charge in [0.15, 0.2) is 5.78 Å². The molecule has 28 heavy (non-hydrogen) atoms. The van der Waals surface area contributed by atoms with Crippen LogP contribution >= 0.6 is 22.6 Å². The number of halogens is 2. The average Bonchev–Trinajstić information content (AvgIpc) is 2.94. The minimum Gasteiger partial charge on any atom is -0.396 e. The van der Waals surface area contributed by atoms with Crippen molar-refractivity contribution < 1.29 is 29.0 Å². The fraction of sp³-hybridized carbons (Fsp3) is 0.333. The number of benzene rings is 1. The van der Waals surface area contributed by atoms with Crippen LogP contribution in [0.25, 0.3) is 0 Å². The van der Waals surface area contributed by atoms with Gasteiger partial charge in [-0.3, -0.25) is 14.4 Å². The molecule has 0 fully saturated rings. The first kappa shape index (κ1) is 22.3. The van der Waals surface area contributed by atoms with Crippen LogP contribution in [0.4, 0.5) is 15.9 Å². The van der Waals surface area contributed by atoms with Gasteiger partial charge in [-0.1, -0.05) is 0 Å². The summed E-state index contributed by atoms with van der Waals surface area (Å²) in [4.78, 5) is 29.3. The number of Topliss-reactive ketones (excluding diaryl/α,β-unsaturated/α-hetero) is 1. The van der Waals surface area contributed by atoms with Gasteiger partial charge in [0.1, 0.15) is 18.2 Å². The molecule has 1 aromatic heterocycles. The number of aliphatic hydroxyl groups excluding tert-OH is 2. The maximum Gasteiger partial charge on any atom is 0.278 e. The predicted molar refractivity (Wildman–Crippen MR) is 109 cm³/mol. The second kappa shape index (κ2) is 9.96. The number of anilines is 2. The Morgan fingerprint density at radius 1 is 1.36 bits per heavy atom. The second-order valence-electron chi connectivity index (χ2n) is 6.06. The van der Waals surface area contributed by atoms with Crippen molar-refractivity contribution >= 4 is 45.8 Å². The van der Waals surface area contributed by atoms with E-state index in [9.17, 15) is 19.1 Å². The van der Waals surface area contributed by atoms with Crippen LogP contribution < -0.4 is 10.8 Å². The van der Waals surface area contributed by atoms with Crippen molar-refractivity contribution in [1.82, 2.24) is 10.0 Å². The summed E-state index contributed by atoms with van der Waals surface area (Å²) in [7, 11) is 1.58. The van der Waals surface area contributed by atoms with Crippen LogP contribution in [0.15, 0.2) is 24.3 Å². The molecule has 1 heterocycles. The number of hydrogen-bond acceptors (Lipinski definition) is 6. The molecular formula is C18H21FIN3O5. The lowest BCUT2D eigenvalue weighted by atomic mass is 10.2. The van der Waals surface area contributed by atoms with E-state index in [1.165, 1.54) is 29.7 Å². The fourth-order valence-corrected chi connectivity index (χ4v) is 2.93. The number of ketones is 1. The van der Waals surface area contributed by atoms with Crippen molar-refractivity contribution in [3.05, 3.63) is 44.9 Å². The molecule has 10 heteroatoms. The Bertz CT molecular complexity index is 871. The van der Waals surface area contributed by atoms with E-state index in [0.717, 1.165) is 0 Å². The quantitative estimate of drug-likeness (QED) is 0.236. The van der Waals surface area contributed by atoms with Crippen LogP contribution in [0.2, 0.25) is 0 Å². The Balaban J connectivity index is 2.26. The number of carbonyl (C=O) groups is 2. The smallest absolute Gasteiger partial charge is 0.278 e. The van der Waals surface area contributed by atoms with Crippen molar-refractivity contribution in [3.8, 4) is 0 Å². The number of aromatic nitrogens is 1. The van der Waals surface area contributed by atoms with Gasteiger partial charge in [-0.25, -0.2) is 9.87 Å². The van der Waals surface area contributed by atoms with Crippen molar-refractivity contribution in [2.75, 3.05) is 18.5 Å². The first-order chi connectivity index (χ1) is 13.2. The van der Waals surface area contributed by atoms with Gasteiger partial charge in [0.05, 0.1) is 23.0 Å². The van der Waals surface area contributed by atoms with E-state index in [0.29, 0.717) is 3.57 Å². The molecule has 2 aromatic rings. The highest BCUT2D eigenvalue weighted by atomic mass is 127. The first-order valence-electron chi connectivity index (χ1n) is 8.38. The summed E-state index contributed by atoms with van der Waals surface area (Å²) >= 11 is 1.98. The molecule has 8 nitrogen and oxygen atoms in total. The Labute approximate surface area is 174 Å². The third kappa shape index (κ3) is 5.50. The van der Waals surface area contributed by atoms with Crippen molar-refractivity contribution in [3.63, 3.8) is 0 Å². The predicted octanol–water partition coefficient (Wildman–Crippen LogP) is 2.12. The summed E-state index contributed by atoms with van der Waals surface area (Å²) in [5.74, 6) is -1.24. The van der Waals surface area contributed by atoms with Gasteiger partial charge in [-0.05, 0) is 53.3 Å². The van der Waals surface area contributed by atoms with E-state index >= 15 is 0 Å². The molecule has 0 saturated carbocycles. The standard InChI is InChI=1S/C18H21FIN3O5/c1-10(25)16-8-13(18(27)22-28-9-12(26)5-6-24)17(23(16)2)21-15-4-3-11(20)7-14(15)19/h3-4,7-8,12,21,24,26H,5-6,9H2,1-2H3,(H,22,27)/t12-/m0/s1. The molecule has 0 aliphatic carbocycles. The molecule has 0 aliphatic heterocycles. The van der Waals surface area contributed by atoms with Gasteiger partial charge in [-0.15, -0.1) is 0 Å². The number of nitrogens with zero attached hydrogens (tertiary/aromatic N) is 1. The second-order valence-corrected chi connectivity index (χ2v) is 7.31. The summed E-state index contributed by atoms with van der Waals surface area (Å²) in [6, 6.07) is 5.94. The fourth-order valence-electron chi connectivity index (χ4n) is 2.47. The van der Waals surface area contributed by atoms with E-state index < -0.39 is 17.8 Å².